The highest BCUT2D eigenvalue weighted by atomic mass is 16.5. The lowest BCUT2D eigenvalue weighted by atomic mass is 10.0. The third-order valence-electron chi connectivity index (χ3n) is 8.74. The molecule has 7 heterocycles. The van der Waals surface area contributed by atoms with E-state index in [-0.39, 0.29) is 12.1 Å². The van der Waals surface area contributed by atoms with Gasteiger partial charge in [-0.15, -0.1) is 5.10 Å². The van der Waals surface area contributed by atoms with Gasteiger partial charge in [-0.3, -0.25) is 14.8 Å². The number of hydrogen-bond acceptors (Lipinski definition) is 9. The van der Waals surface area contributed by atoms with Gasteiger partial charge in [0.1, 0.15) is 34.7 Å². The van der Waals surface area contributed by atoms with Crippen LogP contribution in [0.5, 0.6) is 5.75 Å². The summed E-state index contributed by atoms with van der Waals surface area (Å²) in [6.07, 6.45) is 8.15. The molecule has 2 atom stereocenters. The number of ether oxygens (including phenoxy) is 2. The SMILES string of the molecule is Cc1c(-c2cc(OC3CCN(C)C3c3ccccn3)c3c(C#N)cnn3c2)nnn1C1CCN(C2COC2)CC1. The average molecular weight is 540 g/mol. The van der Waals surface area contributed by atoms with Gasteiger partial charge in [0.25, 0.3) is 0 Å². The van der Waals surface area contributed by atoms with Gasteiger partial charge in [0, 0.05) is 37.6 Å². The third kappa shape index (κ3) is 4.33. The molecule has 0 amide bonds. The Balaban J connectivity index is 1.20. The molecule has 2 unspecified atom stereocenters. The first-order chi connectivity index (χ1) is 19.6. The molecule has 0 N–H and O–H groups in total. The standard InChI is InChI=1S/C29H33N9O2/c1-19-27(33-34-38(19)22-6-11-36(12-7-22)23-17-39-18-23)20-13-26(28-21(14-30)15-32-37(28)16-20)40-25-8-10-35(2)29(25)24-5-3-4-9-31-24/h3-5,9,13,15-16,22-23,25,29H,6-8,10-12,17-18H2,1-2H3. The fraction of sp³-hybridized carbons (Fsp3) is 0.483. The molecule has 3 aliphatic rings. The van der Waals surface area contributed by atoms with Crippen LogP contribution in [0.3, 0.4) is 0 Å². The van der Waals surface area contributed by atoms with Crippen molar-refractivity contribution in [2.24, 2.45) is 0 Å². The number of likely N-dealkylation sites (N-methyl/N-ethyl adjacent to an activating group) is 1. The number of likely N-dealkylation sites (tertiary alicyclic amines) is 2. The van der Waals surface area contributed by atoms with Crippen LogP contribution in [0.4, 0.5) is 0 Å². The van der Waals surface area contributed by atoms with Crippen LogP contribution in [-0.2, 0) is 4.74 Å². The molecule has 0 spiro atoms. The molecule has 3 saturated heterocycles. The van der Waals surface area contributed by atoms with E-state index >= 15 is 0 Å². The number of aromatic nitrogens is 6. The molecule has 4 aromatic heterocycles. The Kier molecular flexibility index (Phi) is 6.46. The summed E-state index contributed by atoms with van der Waals surface area (Å²) in [5, 5.41) is 23.5. The highest BCUT2D eigenvalue weighted by molar-refractivity contribution is 5.74. The Morgan fingerprint density at radius 3 is 2.67 bits per heavy atom. The number of piperidine rings is 1. The van der Waals surface area contributed by atoms with Crippen molar-refractivity contribution in [1.82, 2.24) is 39.4 Å². The highest BCUT2D eigenvalue weighted by Crippen LogP contribution is 2.37. The number of nitriles is 1. The van der Waals surface area contributed by atoms with Crippen LogP contribution >= 0.6 is 0 Å². The van der Waals surface area contributed by atoms with E-state index in [1.165, 1.54) is 0 Å². The molecule has 3 aliphatic heterocycles. The zero-order valence-corrected chi connectivity index (χ0v) is 22.8. The molecule has 0 aliphatic carbocycles. The number of hydrogen-bond donors (Lipinski definition) is 0. The summed E-state index contributed by atoms with van der Waals surface area (Å²) < 4.78 is 15.9. The van der Waals surface area contributed by atoms with Crippen molar-refractivity contribution in [2.45, 2.75) is 50.4 Å². The predicted molar refractivity (Wildman–Crippen MR) is 147 cm³/mol. The average Bonchev–Trinajstić information content (AvgIpc) is 3.65. The van der Waals surface area contributed by atoms with Crippen LogP contribution in [0.1, 0.15) is 48.3 Å². The van der Waals surface area contributed by atoms with Crippen LogP contribution in [0.25, 0.3) is 16.8 Å². The minimum absolute atomic E-state index is 0.0124. The van der Waals surface area contributed by atoms with Gasteiger partial charge in [-0.25, -0.2) is 9.20 Å². The summed E-state index contributed by atoms with van der Waals surface area (Å²) in [7, 11) is 2.10. The lowest BCUT2D eigenvalue weighted by Gasteiger charge is -2.41. The Labute approximate surface area is 232 Å². The Morgan fingerprint density at radius 1 is 1.10 bits per heavy atom. The van der Waals surface area contributed by atoms with E-state index in [9.17, 15) is 5.26 Å². The Bertz CT molecular complexity index is 1550. The molecule has 0 saturated carbocycles. The van der Waals surface area contributed by atoms with Crippen LogP contribution in [0, 0.1) is 18.3 Å². The van der Waals surface area contributed by atoms with E-state index in [1.54, 1.807) is 10.7 Å². The maximum absolute atomic E-state index is 9.82. The summed E-state index contributed by atoms with van der Waals surface area (Å²) in [5.41, 5.74) is 4.81. The van der Waals surface area contributed by atoms with Crippen molar-refractivity contribution in [3.63, 3.8) is 0 Å². The summed E-state index contributed by atoms with van der Waals surface area (Å²) in [6, 6.07) is 11.1. The lowest BCUT2D eigenvalue weighted by molar-refractivity contribution is -0.0735. The monoisotopic (exact) mass is 539 g/mol. The minimum Gasteiger partial charge on any atom is -0.486 e. The minimum atomic E-state index is -0.122. The molecular weight excluding hydrogens is 506 g/mol. The quantitative estimate of drug-likeness (QED) is 0.365. The zero-order chi connectivity index (χ0) is 27.2. The van der Waals surface area contributed by atoms with E-state index in [4.69, 9.17) is 9.47 Å². The second-order valence-corrected chi connectivity index (χ2v) is 11.1. The molecule has 0 aromatic carbocycles. The molecule has 206 valence electrons. The van der Waals surface area contributed by atoms with Crippen molar-refractivity contribution in [2.75, 3.05) is 39.9 Å². The van der Waals surface area contributed by atoms with Crippen molar-refractivity contribution in [3.8, 4) is 23.1 Å². The first-order valence-corrected chi connectivity index (χ1v) is 14.0. The fourth-order valence-electron chi connectivity index (χ4n) is 6.43. The molecule has 40 heavy (non-hydrogen) atoms. The van der Waals surface area contributed by atoms with Crippen LogP contribution in [-0.4, -0.2) is 91.4 Å². The number of fused-ring (bicyclic) bond motifs is 1. The first-order valence-electron chi connectivity index (χ1n) is 14.0. The van der Waals surface area contributed by atoms with Gasteiger partial charge in [0.05, 0.1) is 48.9 Å². The van der Waals surface area contributed by atoms with Gasteiger partial charge in [0.15, 0.2) is 0 Å². The molecule has 4 aromatic rings. The summed E-state index contributed by atoms with van der Waals surface area (Å²) in [6.45, 7) is 6.78. The predicted octanol–water partition coefficient (Wildman–Crippen LogP) is 3.03. The summed E-state index contributed by atoms with van der Waals surface area (Å²) in [4.78, 5) is 9.42. The van der Waals surface area contributed by atoms with Crippen molar-refractivity contribution < 1.29 is 9.47 Å². The van der Waals surface area contributed by atoms with Gasteiger partial charge in [-0.05, 0) is 51.4 Å². The second kappa shape index (κ2) is 10.3. The van der Waals surface area contributed by atoms with E-state index in [2.05, 4.69) is 54.9 Å². The van der Waals surface area contributed by atoms with Crippen LogP contribution < -0.4 is 4.74 Å². The van der Waals surface area contributed by atoms with E-state index < -0.39 is 0 Å². The van der Waals surface area contributed by atoms with Crippen LogP contribution in [0.15, 0.2) is 42.9 Å². The Morgan fingerprint density at radius 2 is 1.95 bits per heavy atom. The van der Waals surface area contributed by atoms with E-state index in [0.717, 1.165) is 74.8 Å². The molecule has 3 fully saturated rings. The molecule has 11 nitrogen and oxygen atoms in total. The molecule has 7 rings (SSSR count). The number of nitrogens with zero attached hydrogens (tertiary/aromatic N) is 9. The second-order valence-electron chi connectivity index (χ2n) is 11.1. The molecular formula is C29H33N9O2. The van der Waals surface area contributed by atoms with Gasteiger partial charge < -0.3 is 9.47 Å². The molecule has 0 radical (unpaired) electrons. The van der Waals surface area contributed by atoms with Gasteiger partial charge >= 0.3 is 0 Å². The molecule has 0 bridgehead atoms. The fourth-order valence-corrected chi connectivity index (χ4v) is 6.43. The van der Waals surface area contributed by atoms with Crippen molar-refractivity contribution in [3.05, 3.63) is 59.8 Å². The number of pyridine rings is 2. The molecule has 11 heteroatoms. The maximum Gasteiger partial charge on any atom is 0.147 e. The van der Waals surface area contributed by atoms with Gasteiger partial charge in [-0.2, -0.15) is 10.4 Å². The van der Waals surface area contributed by atoms with Gasteiger partial charge in [-0.1, -0.05) is 11.3 Å². The Hall–Kier alpha value is -3.85. The highest BCUT2D eigenvalue weighted by Gasteiger charge is 2.36. The first kappa shape index (κ1) is 25.1. The van der Waals surface area contributed by atoms with E-state index in [0.29, 0.717) is 28.9 Å². The van der Waals surface area contributed by atoms with Crippen LogP contribution in [0.2, 0.25) is 0 Å². The summed E-state index contributed by atoms with van der Waals surface area (Å²) in [5.74, 6) is 0.623. The maximum atomic E-state index is 9.82. The zero-order valence-electron chi connectivity index (χ0n) is 22.8. The van der Waals surface area contributed by atoms with Gasteiger partial charge in [0.2, 0.25) is 0 Å². The van der Waals surface area contributed by atoms with Crippen molar-refractivity contribution >= 4 is 5.52 Å². The summed E-state index contributed by atoms with van der Waals surface area (Å²) >= 11 is 0. The number of rotatable bonds is 6. The largest absolute Gasteiger partial charge is 0.486 e. The normalized spacial score (nSPS) is 22.9. The smallest absolute Gasteiger partial charge is 0.147 e. The van der Waals surface area contributed by atoms with E-state index in [1.807, 2.05) is 36.7 Å². The van der Waals surface area contributed by atoms with Crippen molar-refractivity contribution in [1.29, 1.82) is 5.26 Å². The third-order valence-corrected chi connectivity index (χ3v) is 8.74. The topological polar surface area (TPSA) is 110 Å². The lowest BCUT2D eigenvalue weighted by Crippen LogP contribution is -2.52.